The number of nitrogens with zero attached hydrogens (tertiary/aromatic N) is 1. The van der Waals surface area contributed by atoms with Crippen molar-refractivity contribution in [2.24, 2.45) is 11.3 Å². The molecular formula is C18H36N2. The van der Waals surface area contributed by atoms with Gasteiger partial charge in [0.2, 0.25) is 0 Å². The van der Waals surface area contributed by atoms with Crippen LogP contribution in [0.5, 0.6) is 0 Å². The summed E-state index contributed by atoms with van der Waals surface area (Å²) >= 11 is 0. The highest BCUT2D eigenvalue weighted by atomic mass is 15.2. The molecule has 0 aromatic carbocycles. The van der Waals surface area contributed by atoms with Gasteiger partial charge < -0.3 is 5.32 Å². The smallest absolute Gasteiger partial charge is 0.0255 e. The Hall–Kier alpha value is -0.0800. The van der Waals surface area contributed by atoms with Crippen LogP contribution >= 0.6 is 0 Å². The van der Waals surface area contributed by atoms with Gasteiger partial charge in [-0.1, -0.05) is 34.6 Å². The van der Waals surface area contributed by atoms with Crippen molar-refractivity contribution in [2.45, 2.75) is 91.3 Å². The van der Waals surface area contributed by atoms with Gasteiger partial charge in [0, 0.05) is 18.1 Å². The van der Waals surface area contributed by atoms with Crippen molar-refractivity contribution in [3.05, 3.63) is 0 Å². The summed E-state index contributed by atoms with van der Waals surface area (Å²) in [5.41, 5.74) is 0.469. The van der Waals surface area contributed by atoms with Crippen molar-refractivity contribution in [3.63, 3.8) is 0 Å². The molecular weight excluding hydrogens is 244 g/mol. The van der Waals surface area contributed by atoms with E-state index in [0.717, 1.165) is 30.6 Å². The molecule has 3 atom stereocenters. The predicted octanol–water partition coefficient (Wildman–Crippen LogP) is 4.05. The lowest BCUT2D eigenvalue weighted by atomic mass is 9.69. The first-order chi connectivity index (χ1) is 9.47. The molecule has 0 bridgehead atoms. The maximum Gasteiger partial charge on any atom is 0.0255 e. The molecule has 0 amide bonds. The number of hydrogen-bond donors (Lipinski definition) is 1. The zero-order chi connectivity index (χ0) is 14.8. The van der Waals surface area contributed by atoms with Crippen molar-refractivity contribution < 1.29 is 0 Å². The van der Waals surface area contributed by atoms with Crippen LogP contribution in [0.25, 0.3) is 0 Å². The maximum atomic E-state index is 3.79. The second-order valence-electron chi connectivity index (χ2n) is 8.08. The van der Waals surface area contributed by atoms with E-state index in [2.05, 4.69) is 44.8 Å². The number of hydrogen-bond acceptors (Lipinski definition) is 2. The third-order valence-electron chi connectivity index (χ3n) is 5.43. The van der Waals surface area contributed by atoms with E-state index in [0.29, 0.717) is 5.41 Å². The Labute approximate surface area is 126 Å². The fraction of sp³-hybridized carbons (Fsp3) is 1.00. The number of likely N-dealkylation sites (N-methyl/N-ethyl adjacent to an activating group) is 1. The molecule has 0 aromatic rings. The van der Waals surface area contributed by atoms with Crippen LogP contribution in [0.15, 0.2) is 0 Å². The van der Waals surface area contributed by atoms with Gasteiger partial charge in [-0.3, -0.25) is 4.90 Å². The van der Waals surface area contributed by atoms with E-state index in [1.807, 2.05) is 0 Å². The standard InChI is InChI=1S/C18H36N2/c1-6-12-20(15-9-10-15)17-13-14(18(3,4)5)8-11-16(17)19-7-2/h14-17,19H,6-13H2,1-5H3. The van der Waals surface area contributed by atoms with Gasteiger partial charge in [-0.15, -0.1) is 0 Å². The van der Waals surface area contributed by atoms with Gasteiger partial charge in [-0.2, -0.15) is 0 Å². The third kappa shape index (κ3) is 3.98. The molecule has 0 aromatic heterocycles. The Morgan fingerprint density at radius 1 is 1.05 bits per heavy atom. The van der Waals surface area contributed by atoms with Crippen LogP contribution in [0.3, 0.4) is 0 Å². The molecule has 0 saturated heterocycles. The van der Waals surface area contributed by atoms with E-state index in [-0.39, 0.29) is 0 Å². The molecule has 2 heteroatoms. The molecule has 3 unspecified atom stereocenters. The summed E-state index contributed by atoms with van der Waals surface area (Å²) < 4.78 is 0. The van der Waals surface area contributed by atoms with E-state index in [1.54, 1.807) is 0 Å². The largest absolute Gasteiger partial charge is 0.313 e. The van der Waals surface area contributed by atoms with Gasteiger partial charge in [-0.25, -0.2) is 0 Å². The third-order valence-corrected chi connectivity index (χ3v) is 5.43. The Morgan fingerprint density at radius 2 is 1.75 bits per heavy atom. The molecule has 2 aliphatic rings. The quantitative estimate of drug-likeness (QED) is 0.789. The molecule has 0 heterocycles. The molecule has 2 nitrogen and oxygen atoms in total. The van der Waals surface area contributed by atoms with Crippen molar-refractivity contribution in [3.8, 4) is 0 Å². The molecule has 2 rings (SSSR count). The molecule has 2 aliphatic carbocycles. The molecule has 0 radical (unpaired) electrons. The van der Waals surface area contributed by atoms with Gasteiger partial charge >= 0.3 is 0 Å². The van der Waals surface area contributed by atoms with Crippen LogP contribution in [0.4, 0.5) is 0 Å². The van der Waals surface area contributed by atoms with Gasteiger partial charge in [0.05, 0.1) is 0 Å². The van der Waals surface area contributed by atoms with Gasteiger partial charge in [0.25, 0.3) is 0 Å². The summed E-state index contributed by atoms with van der Waals surface area (Å²) in [6.45, 7) is 14.3. The van der Waals surface area contributed by atoms with Crippen molar-refractivity contribution in [1.29, 1.82) is 0 Å². The summed E-state index contributed by atoms with van der Waals surface area (Å²) in [5, 5.41) is 3.79. The summed E-state index contributed by atoms with van der Waals surface area (Å²) in [6, 6.07) is 2.41. The highest BCUT2D eigenvalue weighted by molar-refractivity contribution is 4.98. The summed E-state index contributed by atoms with van der Waals surface area (Å²) in [5.74, 6) is 0.889. The highest BCUT2D eigenvalue weighted by Crippen LogP contribution is 2.42. The SMILES string of the molecule is CCCN(C1CC1)C1CC(C(C)(C)C)CCC1NCC. The maximum absolute atomic E-state index is 3.79. The number of nitrogens with one attached hydrogen (secondary N) is 1. The molecule has 20 heavy (non-hydrogen) atoms. The molecule has 0 spiro atoms. The first kappa shape index (κ1) is 16.3. The first-order valence-corrected chi connectivity index (χ1v) is 8.96. The summed E-state index contributed by atoms with van der Waals surface area (Å²) in [4.78, 5) is 2.87. The zero-order valence-corrected chi connectivity index (χ0v) is 14.4. The topological polar surface area (TPSA) is 15.3 Å². The normalized spacial score (nSPS) is 31.8. The van der Waals surface area contributed by atoms with E-state index < -0.39 is 0 Å². The van der Waals surface area contributed by atoms with E-state index >= 15 is 0 Å². The lowest BCUT2D eigenvalue weighted by Crippen LogP contribution is -2.55. The van der Waals surface area contributed by atoms with Gasteiger partial charge in [-0.05, 0) is 62.9 Å². The van der Waals surface area contributed by atoms with Gasteiger partial charge in [0.1, 0.15) is 0 Å². The number of rotatable bonds is 6. The average molecular weight is 280 g/mol. The van der Waals surface area contributed by atoms with Crippen LogP contribution in [0.1, 0.15) is 73.1 Å². The van der Waals surface area contributed by atoms with Crippen LogP contribution in [-0.2, 0) is 0 Å². The molecule has 118 valence electrons. The minimum Gasteiger partial charge on any atom is -0.313 e. The molecule has 2 fully saturated rings. The zero-order valence-electron chi connectivity index (χ0n) is 14.4. The van der Waals surface area contributed by atoms with Crippen LogP contribution in [0, 0.1) is 11.3 Å². The summed E-state index contributed by atoms with van der Waals surface area (Å²) in [6.07, 6.45) is 8.35. The molecule has 1 N–H and O–H groups in total. The Kier molecular flexibility index (Phi) is 5.53. The monoisotopic (exact) mass is 280 g/mol. The van der Waals surface area contributed by atoms with Crippen LogP contribution < -0.4 is 5.32 Å². The fourth-order valence-electron chi connectivity index (χ4n) is 4.08. The lowest BCUT2D eigenvalue weighted by molar-refractivity contribution is 0.0536. The Balaban J connectivity index is 2.08. The minimum atomic E-state index is 0.469. The lowest BCUT2D eigenvalue weighted by Gasteiger charge is -2.47. The molecule has 0 aliphatic heterocycles. The van der Waals surface area contributed by atoms with Crippen LogP contribution in [0.2, 0.25) is 0 Å². The Morgan fingerprint density at radius 3 is 2.25 bits per heavy atom. The fourth-order valence-corrected chi connectivity index (χ4v) is 4.08. The highest BCUT2D eigenvalue weighted by Gasteiger charge is 2.42. The van der Waals surface area contributed by atoms with Crippen molar-refractivity contribution in [2.75, 3.05) is 13.1 Å². The Bertz CT molecular complexity index is 290. The minimum absolute atomic E-state index is 0.469. The van der Waals surface area contributed by atoms with Crippen LogP contribution in [-0.4, -0.2) is 36.1 Å². The van der Waals surface area contributed by atoms with E-state index in [4.69, 9.17) is 0 Å². The summed E-state index contributed by atoms with van der Waals surface area (Å²) in [7, 11) is 0. The predicted molar refractivity (Wildman–Crippen MR) is 88.1 cm³/mol. The molecule has 2 saturated carbocycles. The van der Waals surface area contributed by atoms with Gasteiger partial charge in [0.15, 0.2) is 0 Å². The van der Waals surface area contributed by atoms with Crippen molar-refractivity contribution in [1.82, 2.24) is 10.2 Å². The second kappa shape index (κ2) is 6.79. The van der Waals surface area contributed by atoms with Crippen molar-refractivity contribution >= 4 is 0 Å². The van der Waals surface area contributed by atoms with E-state index in [9.17, 15) is 0 Å². The first-order valence-electron chi connectivity index (χ1n) is 8.96. The average Bonchev–Trinajstić information content (AvgIpc) is 3.20. The second-order valence-corrected chi connectivity index (χ2v) is 8.08. The van der Waals surface area contributed by atoms with E-state index in [1.165, 1.54) is 45.1 Å².